The first kappa shape index (κ1) is 14.7. The van der Waals surface area contributed by atoms with Crippen molar-refractivity contribution in [1.29, 1.82) is 0 Å². The average Bonchev–Trinajstić information content (AvgIpc) is 2.38. The Balaban J connectivity index is 2.67. The molecule has 0 atom stereocenters. The third-order valence-electron chi connectivity index (χ3n) is 3.53. The van der Waals surface area contributed by atoms with Crippen LogP contribution < -0.4 is 0 Å². The van der Waals surface area contributed by atoms with Gasteiger partial charge in [0.25, 0.3) is 0 Å². The van der Waals surface area contributed by atoms with Crippen molar-refractivity contribution in [2.75, 3.05) is 19.7 Å². The highest BCUT2D eigenvalue weighted by Gasteiger charge is 2.41. The summed E-state index contributed by atoms with van der Waals surface area (Å²) in [5, 5.41) is 0. The maximum absolute atomic E-state index is 12.0. The highest BCUT2D eigenvalue weighted by molar-refractivity contribution is 5.81. The summed E-state index contributed by atoms with van der Waals surface area (Å²) in [5.74, 6) is -0.0583. The summed E-state index contributed by atoms with van der Waals surface area (Å²) < 4.78 is 5.11. The minimum atomic E-state index is -0.607. The molecule has 0 saturated carbocycles. The molecule has 1 aliphatic heterocycles. The van der Waals surface area contributed by atoms with Crippen molar-refractivity contribution in [2.45, 2.75) is 33.6 Å². The quantitative estimate of drug-likeness (QED) is 0.568. The predicted octanol–water partition coefficient (Wildman–Crippen LogP) is 2.00. The highest BCUT2D eigenvalue weighted by atomic mass is 16.5. The molecule has 1 amide bonds. The zero-order valence-electron chi connectivity index (χ0n) is 11.6. The molecule has 0 bridgehead atoms. The number of carbonyl (C=O) groups is 2. The molecule has 0 spiro atoms. The summed E-state index contributed by atoms with van der Waals surface area (Å²) in [6.45, 7) is 10.9. The molecule has 1 fully saturated rings. The van der Waals surface area contributed by atoms with E-state index in [-0.39, 0.29) is 17.8 Å². The van der Waals surface area contributed by atoms with Crippen molar-refractivity contribution in [3.63, 3.8) is 0 Å². The van der Waals surface area contributed by atoms with Gasteiger partial charge in [-0.25, -0.2) is 0 Å². The molecule has 4 nitrogen and oxygen atoms in total. The van der Waals surface area contributed by atoms with Gasteiger partial charge in [0.2, 0.25) is 5.91 Å². The molecular formula is C14H23NO3. The third-order valence-corrected chi connectivity index (χ3v) is 3.53. The molecule has 0 unspecified atom stereocenters. The number of piperidine rings is 1. The summed E-state index contributed by atoms with van der Waals surface area (Å²) in [6, 6.07) is 0. The number of ether oxygens (including phenoxy) is 1. The first-order valence-corrected chi connectivity index (χ1v) is 6.56. The van der Waals surface area contributed by atoms with E-state index in [4.69, 9.17) is 4.74 Å². The van der Waals surface area contributed by atoms with Crippen molar-refractivity contribution >= 4 is 11.9 Å². The van der Waals surface area contributed by atoms with E-state index in [0.717, 1.165) is 0 Å². The number of rotatable bonds is 4. The van der Waals surface area contributed by atoms with Gasteiger partial charge in [-0.2, -0.15) is 0 Å². The van der Waals surface area contributed by atoms with Crippen molar-refractivity contribution in [3.05, 3.63) is 12.7 Å². The van der Waals surface area contributed by atoms with Gasteiger partial charge in [0.1, 0.15) is 0 Å². The monoisotopic (exact) mass is 253 g/mol. The van der Waals surface area contributed by atoms with Crippen LogP contribution in [0.5, 0.6) is 0 Å². The van der Waals surface area contributed by atoms with Gasteiger partial charge in [-0.05, 0) is 19.8 Å². The van der Waals surface area contributed by atoms with Crippen molar-refractivity contribution < 1.29 is 14.3 Å². The highest BCUT2D eigenvalue weighted by Crippen LogP contribution is 2.34. The molecule has 1 saturated heterocycles. The summed E-state index contributed by atoms with van der Waals surface area (Å²) in [6.07, 6.45) is 2.89. The lowest BCUT2D eigenvalue weighted by molar-refractivity contribution is -0.157. The van der Waals surface area contributed by atoms with Crippen LogP contribution in [0.3, 0.4) is 0 Å². The summed E-state index contributed by atoms with van der Waals surface area (Å²) in [4.78, 5) is 25.7. The predicted molar refractivity (Wildman–Crippen MR) is 69.9 cm³/mol. The van der Waals surface area contributed by atoms with Gasteiger partial charge in [0.15, 0.2) is 0 Å². The van der Waals surface area contributed by atoms with Crippen LogP contribution in [0.15, 0.2) is 12.7 Å². The minimum absolute atomic E-state index is 0.00354. The molecule has 0 aromatic rings. The fraction of sp³-hybridized carbons (Fsp3) is 0.714. The first-order valence-electron chi connectivity index (χ1n) is 6.56. The number of amides is 1. The third kappa shape index (κ3) is 2.92. The molecule has 0 N–H and O–H groups in total. The second kappa shape index (κ2) is 6.03. The molecule has 102 valence electrons. The van der Waals surface area contributed by atoms with Crippen LogP contribution in [0.25, 0.3) is 0 Å². The van der Waals surface area contributed by atoms with Crippen LogP contribution >= 0.6 is 0 Å². The van der Waals surface area contributed by atoms with Gasteiger partial charge in [0, 0.05) is 19.0 Å². The van der Waals surface area contributed by atoms with Gasteiger partial charge in [-0.1, -0.05) is 19.9 Å². The lowest BCUT2D eigenvalue weighted by Gasteiger charge is -2.38. The Kier molecular flexibility index (Phi) is 4.93. The van der Waals surface area contributed by atoms with Crippen LogP contribution in [0.1, 0.15) is 33.6 Å². The van der Waals surface area contributed by atoms with Crippen molar-refractivity contribution in [3.8, 4) is 0 Å². The molecule has 0 aliphatic carbocycles. The van der Waals surface area contributed by atoms with E-state index in [1.54, 1.807) is 13.0 Å². The molecule has 1 rings (SSSR count). The number of esters is 1. The first-order chi connectivity index (χ1) is 8.46. The number of carbonyl (C=O) groups excluding carboxylic acids is 2. The van der Waals surface area contributed by atoms with E-state index >= 15 is 0 Å². The Hall–Kier alpha value is -1.32. The Bertz CT molecular complexity index is 328. The topological polar surface area (TPSA) is 46.6 Å². The van der Waals surface area contributed by atoms with Gasteiger partial charge in [0.05, 0.1) is 12.0 Å². The lowest BCUT2D eigenvalue weighted by Crippen LogP contribution is -2.47. The summed E-state index contributed by atoms with van der Waals surface area (Å²) >= 11 is 0. The van der Waals surface area contributed by atoms with Crippen molar-refractivity contribution in [2.24, 2.45) is 11.3 Å². The largest absolute Gasteiger partial charge is 0.465 e. The standard InChI is InChI=1S/C14H23NO3/c1-5-14(13(17)18-6-2)7-9-15(10-8-14)12(16)11(3)4/h5,11H,1,6-10H2,2-4H3. The molecule has 0 radical (unpaired) electrons. The minimum Gasteiger partial charge on any atom is -0.465 e. The Labute approximate surface area is 109 Å². The van der Waals surface area contributed by atoms with E-state index in [1.807, 2.05) is 18.7 Å². The molecule has 0 aromatic carbocycles. The van der Waals surface area contributed by atoms with Crippen LogP contribution in [0, 0.1) is 11.3 Å². The van der Waals surface area contributed by atoms with E-state index in [9.17, 15) is 9.59 Å². The number of hydrogen-bond donors (Lipinski definition) is 0. The smallest absolute Gasteiger partial charge is 0.316 e. The molecule has 18 heavy (non-hydrogen) atoms. The van der Waals surface area contributed by atoms with Gasteiger partial charge in [-0.3, -0.25) is 9.59 Å². The van der Waals surface area contributed by atoms with E-state index in [1.165, 1.54) is 0 Å². The van der Waals surface area contributed by atoms with Gasteiger partial charge >= 0.3 is 5.97 Å². The molecule has 1 aliphatic rings. The summed E-state index contributed by atoms with van der Waals surface area (Å²) in [7, 11) is 0. The fourth-order valence-electron chi connectivity index (χ4n) is 2.26. The second-order valence-electron chi connectivity index (χ2n) is 5.06. The molecular weight excluding hydrogens is 230 g/mol. The lowest BCUT2D eigenvalue weighted by atomic mass is 9.78. The van der Waals surface area contributed by atoms with Crippen molar-refractivity contribution in [1.82, 2.24) is 4.90 Å². The Morgan fingerprint density at radius 2 is 1.94 bits per heavy atom. The van der Waals surface area contributed by atoms with Crippen LogP contribution in [0.4, 0.5) is 0 Å². The normalized spacial score (nSPS) is 18.6. The van der Waals surface area contributed by atoms with Crippen LogP contribution in [-0.2, 0) is 14.3 Å². The van der Waals surface area contributed by atoms with Gasteiger partial charge in [-0.15, -0.1) is 6.58 Å². The second-order valence-corrected chi connectivity index (χ2v) is 5.06. The number of nitrogens with zero attached hydrogens (tertiary/aromatic N) is 1. The maximum Gasteiger partial charge on any atom is 0.316 e. The Morgan fingerprint density at radius 3 is 2.33 bits per heavy atom. The van der Waals surface area contributed by atoms with Crippen LogP contribution in [0.2, 0.25) is 0 Å². The van der Waals surface area contributed by atoms with E-state index in [2.05, 4.69) is 6.58 Å². The van der Waals surface area contributed by atoms with Gasteiger partial charge < -0.3 is 9.64 Å². The SMILES string of the molecule is C=CC1(C(=O)OCC)CCN(C(=O)C(C)C)CC1. The zero-order valence-corrected chi connectivity index (χ0v) is 11.6. The Morgan fingerprint density at radius 1 is 1.39 bits per heavy atom. The van der Waals surface area contributed by atoms with E-state index in [0.29, 0.717) is 32.5 Å². The van der Waals surface area contributed by atoms with Crippen LogP contribution in [-0.4, -0.2) is 36.5 Å². The fourth-order valence-corrected chi connectivity index (χ4v) is 2.26. The number of hydrogen-bond acceptors (Lipinski definition) is 3. The van der Waals surface area contributed by atoms with E-state index < -0.39 is 5.41 Å². The zero-order chi connectivity index (χ0) is 13.8. The average molecular weight is 253 g/mol. The maximum atomic E-state index is 12.0. The number of likely N-dealkylation sites (tertiary alicyclic amines) is 1. The molecule has 0 aromatic heterocycles. The molecule has 4 heteroatoms. The molecule has 1 heterocycles. The summed E-state index contributed by atoms with van der Waals surface area (Å²) in [5.41, 5.74) is -0.607.